The van der Waals surface area contributed by atoms with Crippen molar-refractivity contribution < 1.29 is 4.79 Å². The maximum Gasteiger partial charge on any atom is 0.140 e. The Labute approximate surface area is 161 Å². The minimum absolute atomic E-state index is 0.498. The quantitative estimate of drug-likeness (QED) is 0.444. The van der Waals surface area contributed by atoms with Crippen LogP contribution in [0.5, 0.6) is 0 Å². The van der Waals surface area contributed by atoms with Crippen molar-refractivity contribution in [2.45, 2.75) is 12.5 Å². The second-order valence-electron chi connectivity index (χ2n) is 5.33. The van der Waals surface area contributed by atoms with Gasteiger partial charge in [0.25, 0.3) is 0 Å². The summed E-state index contributed by atoms with van der Waals surface area (Å²) in [6.07, 6.45) is 4.93. The lowest BCUT2D eigenvalue weighted by Crippen LogP contribution is -2.20. The Hall–Kier alpha value is -1.66. The summed E-state index contributed by atoms with van der Waals surface area (Å²) in [7, 11) is 0. The molecule has 0 saturated carbocycles. The molecule has 0 aliphatic carbocycles. The average molecular weight is 396 g/mol. The molecule has 1 atom stereocenters. The minimum atomic E-state index is -0.689. The first-order valence-electron chi connectivity index (χ1n) is 7.53. The predicted octanol–water partition coefficient (Wildman–Crippen LogP) is 4.75. The van der Waals surface area contributed by atoms with Gasteiger partial charge in [0, 0.05) is 29.1 Å². The molecule has 2 aromatic carbocycles. The fourth-order valence-corrected chi connectivity index (χ4v) is 3.04. The first-order chi connectivity index (χ1) is 12.0. The smallest absolute Gasteiger partial charge is 0.140 e. The van der Waals surface area contributed by atoms with Crippen LogP contribution in [0.1, 0.15) is 5.56 Å². The third kappa shape index (κ3) is 6.29. The summed E-state index contributed by atoms with van der Waals surface area (Å²) in [4.78, 5) is 10.9. The average Bonchev–Trinajstić information content (AvgIpc) is 2.59. The molecule has 0 aromatic heterocycles. The van der Waals surface area contributed by atoms with Crippen LogP contribution in [-0.4, -0.2) is 18.6 Å². The number of hydrogen-bond acceptors (Lipinski definition) is 5. The summed E-state index contributed by atoms with van der Waals surface area (Å²) in [6, 6.07) is 12.5. The number of carbonyl (C=O) groups excluding carboxylic acids is 1. The highest BCUT2D eigenvalue weighted by atomic mass is 35.5. The van der Waals surface area contributed by atoms with E-state index in [4.69, 9.17) is 28.9 Å². The summed E-state index contributed by atoms with van der Waals surface area (Å²) < 4.78 is 3.17. The predicted molar refractivity (Wildman–Crippen MR) is 109 cm³/mol. The number of aldehydes is 1. The van der Waals surface area contributed by atoms with Crippen LogP contribution < -0.4 is 15.8 Å². The zero-order valence-electron chi connectivity index (χ0n) is 13.6. The summed E-state index contributed by atoms with van der Waals surface area (Å²) in [5.41, 5.74) is 9.35. The monoisotopic (exact) mass is 395 g/mol. The Balaban J connectivity index is 2.20. The first kappa shape index (κ1) is 19.7. The second-order valence-corrected chi connectivity index (χ2v) is 6.79. The molecular formula is C18H19Cl2N3OS. The lowest BCUT2D eigenvalue weighted by atomic mass is 10.1. The van der Waals surface area contributed by atoms with Gasteiger partial charge in [-0.05, 0) is 42.0 Å². The van der Waals surface area contributed by atoms with Gasteiger partial charge in [-0.2, -0.15) is 0 Å². The Kier molecular flexibility index (Phi) is 7.65. The maximum absolute atomic E-state index is 10.9. The highest BCUT2D eigenvalue weighted by Crippen LogP contribution is 2.27. The van der Waals surface area contributed by atoms with Gasteiger partial charge in [-0.15, -0.1) is 0 Å². The second kappa shape index (κ2) is 9.73. The van der Waals surface area contributed by atoms with Gasteiger partial charge in [0.15, 0.2) is 0 Å². The zero-order chi connectivity index (χ0) is 18.2. The maximum atomic E-state index is 10.9. The van der Waals surface area contributed by atoms with Gasteiger partial charge in [0.05, 0.1) is 16.8 Å². The van der Waals surface area contributed by atoms with Crippen molar-refractivity contribution in [3.05, 3.63) is 69.8 Å². The van der Waals surface area contributed by atoms with E-state index in [0.29, 0.717) is 28.4 Å². The highest BCUT2D eigenvalue weighted by Gasteiger charge is 2.07. The van der Waals surface area contributed by atoms with Crippen molar-refractivity contribution in [1.29, 1.82) is 0 Å². The van der Waals surface area contributed by atoms with Gasteiger partial charge in [-0.3, -0.25) is 0 Å². The zero-order valence-corrected chi connectivity index (χ0v) is 16.0. The minimum Gasteiger partial charge on any atom is -0.358 e. The van der Waals surface area contributed by atoms with Gasteiger partial charge in [-0.25, -0.2) is 0 Å². The third-order valence-corrected chi connectivity index (χ3v) is 4.33. The molecule has 25 heavy (non-hydrogen) atoms. The van der Waals surface area contributed by atoms with Crippen molar-refractivity contribution in [3.8, 4) is 0 Å². The van der Waals surface area contributed by atoms with Gasteiger partial charge >= 0.3 is 0 Å². The first-order valence-corrected chi connectivity index (χ1v) is 9.51. The van der Waals surface area contributed by atoms with Gasteiger partial charge < -0.3 is 20.6 Å². The summed E-state index contributed by atoms with van der Waals surface area (Å²) in [6.45, 7) is 0. The molecule has 0 amide bonds. The molecule has 0 spiro atoms. The molecule has 0 saturated heterocycles. The van der Waals surface area contributed by atoms with Crippen molar-refractivity contribution in [3.63, 3.8) is 0 Å². The molecular weight excluding hydrogens is 377 g/mol. The highest BCUT2D eigenvalue weighted by molar-refractivity contribution is 7.99. The van der Waals surface area contributed by atoms with Gasteiger partial charge in [0.1, 0.15) is 6.29 Å². The van der Waals surface area contributed by atoms with Crippen LogP contribution >= 0.6 is 35.1 Å². The van der Waals surface area contributed by atoms with Crippen LogP contribution in [0.4, 0.5) is 11.4 Å². The lowest BCUT2D eigenvalue weighted by Gasteiger charge is -2.14. The molecule has 4 N–H and O–H groups in total. The lowest BCUT2D eigenvalue weighted by molar-refractivity contribution is -0.108. The van der Waals surface area contributed by atoms with Crippen molar-refractivity contribution in [2.24, 2.45) is 5.73 Å². The number of carbonyl (C=O) groups is 1. The number of nitrogens with one attached hydrogen (secondary N) is 2. The Morgan fingerprint density at radius 1 is 1.24 bits per heavy atom. The van der Waals surface area contributed by atoms with E-state index in [0.717, 1.165) is 16.9 Å². The number of halogens is 2. The number of nitrogens with two attached hydrogens (primary N) is 1. The number of allylic oxidation sites excluding steroid dienone is 1. The van der Waals surface area contributed by atoms with E-state index in [1.54, 1.807) is 24.3 Å². The summed E-state index contributed by atoms with van der Waals surface area (Å²) >= 11 is 13.7. The van der Waals surface area contributed by atoms with Crippen LogP contribution in [0.2, 0.25) is 10.0 Å². The van der Waals surface area contributed by atoms with E-state index in [1.807, 2.05) is 30.5 Å². The van der Waals surface area contributed by atoms with Crippen LogP contribution in [0, 0.1) is 0 Å². The van der Waals surface area contributed by atoms with Gasteiger partial charge in [-0.1, -0.05) is 47.3 Å². The molecule has 0 fully saturated rings. The van der Waals surface area contributed by atoms with Crippen LogP contribution in [0.25, 0.3) is 0 Å². The van der Waals surface area contributed by atoms with Crippen LogP contribution in [0.15, 0.2) is 54.2 Å². The van der Waals surface area contributed by atoms with Crippen LogP contribution in [-0.2, 0) is 11.2 Å². The molecule has 0 aliphatic heterocycles. The normalized spacial score (nSPS) is 12.6. The molecule has 4 nitrogen and oxygen atoms in total. The Morgan fingerprint density at radius 3 is 2.56 bits per heavy atom. The molecule has 1 unspecified atom stereocenters. The van der Waals surface area contributed by atoms with E-state index >= 15 is 0 Å². The fraction of sp³-hybridized carbons (Fsp3) is 0.167. The molecule has 0 bridgehead atoms. The number of benzene rings is 2. The van der Waals surface area contributed by atoms with E-state index in [1.165, 1.54) is 11.9 Å². The molecule has 0 heterocycles. The van der Waals surface area contributed by atoms with E-state index < -0.39 is 6.04 Å². The van der Waals surface area contributed by atoms with Gasteiger partial charge in [0.2, 0.25) is 0 Å². The number of rotatable bonds is 8. The molecule has 2 rings (SSSR count). The molecule has 0 radical (unpaired) electrons. The van der Waals surface area contributed by atoms with Crippen LogP contribution in [0.3, 0.4) is 0 Å². The van der Waals surface area contributed by atoms with Crippen molar-refractivity contribution >= 4 is 52.8 Å². The molecule has 2 aromatic rings. The summed E-state index contributed by atoms with van der Waals surface area (Å²) in [5.74, 6) is 0. The Morgan fingerprint density at radius 2 is 1.96 bits per heavy atom. The third-order valence-electron chi connectivity index (χ3n) is 3.35. The molecule has 0 aliphatic rings. The van der Waals surface area contributed by atoms with Crippen molar-refractivity contribution in [1.82, 2.24) is 0 Å². The SMILES string of the molecule is CSNc1ccc(C/C(=C/C(N)C=O)Nc2ccc(Cl)cc2Cl)cc1. The van der Waals surface area contributed by atoms with Crippen molar-refractivity contribution in [2.75, 3.05) is 16.3 Å². The topological polar surface area (TPSA) is 67.1 Å². The molecule has 132 valence electrons. The standard InChI is InChI=1S/C18H19Cl2N3OS/c1-25-23-15-5-2-12(3-6-15)8-16(10-14(21)11-24)22-18-7-4-13(19)9-17(18)20/h2-7,9-11,14,22-23H,8,21H2,1H3/b16-10-. The molecule has 7 heteroatoms. The summed E-state index contributed by atoms with van der Waals surface area (Å²) in [5, 5.41) is 4.30. The Bertz CT molecular complexity index is 750. The van der Waals surface area contributed by atoms with E-state index in [2.05, 4.69) is 10.0 Å². The number of anilines is 2. The fourth-order valence-electron chi connectivity index (χ4n) is 2.21. The number of hydrogen-bond donors (Lipinski definition) is 3. The largest absolute Gasteiger partial charge is 0.358 e. The van der Waals surface area contributed by atoms with E-state index in [9.17, 15) is 4.79 Å². The van der Waals surface area contributed by atoms with E-state index in [-0.39, 0.29) is 0 Å².